The molecule has 7 heteroatoms. The maximum Gasteiger partial charge on any atom is 0.195 e. The number of nitrogens with zero attached hydrogens (tertiary/aromatic N) is 2. The second-order valence-electron chi connectivity index (χ2n) is 1.75. The molecule has 0 spiro atoms. The molecule has 6 nitrogen and oxygen atoms in total. The van der Waals surface area contributed by atoms with E-state index in [0.29, 0.717) is 0 Å². The van der Waals surface area contributed by atoms with Gasteiger partial charge in [-0.1, -0.05) is 4.68 Å². The fourth-order valence-corrected chi connectivity index (χ4v) is 0.406. The summed E-state index contributed by atoms with van der Waals surface area (Å²) in [5.74, 6) is 0. The fraction of sp³-hybridized carbons (Fsp3) is 0.200. The zero-order valence-corrected chi connectivity index (χ0v) is 6.97. The molecule has 1 aromatic heterocycles. The molecule has 1 aromatic rings. The van der Waals surface area contributed by atoms with Crippen LogP contribution < -0.4 is 23.3 Å². The van der Waals surface area contributed by atoms with Gasteiger partial charge in [-0.2, -0.15) is 0 Å². The molecule has 0 atom stereocenters. The minimum absolute atomic E-state index is 1.75. The van der Waals surface area contributed by atoms with E-state index in [0.717, 1.165) is 0 Å². The van der Waals surface area contributed by atoms with E-state index in [1.807, 2.05) is 25.4 Å². The van der Waals surface area contributed by atoms with Crippen LogP contribution in [0.3, 0.4) is 0 Å². The van der Waals surface area contributed by atoms with Gasteiger partial charge in [0, 0.05) is 6.07 Å². The van der Waals surface area contributed by atoms with Crippen LogP contribution in [0.5, 0.6) is 0 Å². The smallest absolute Gasteiger partial charge is 0.195 e. The summed E-state index contributed by atoms with van der Waals surface area (Å²) in [5, 5.41) is 3.90. The van der Waals surface area contributed by atoms with Gasteiger partial charge in [0.1, 0.15) is 0 Å². The first-order valence-corrected chi connectivity index (χ1v) is 4.02. The van der Waals surface area contributed by atoms with E-state index in [1.165, 1.54) is 0 Å². The molecule has 0 amide bonds. The molecule has 0 aliphatic carbocycles. The zero-order chi connectivity index (χ0) is 9.61. The summed E-state index contributed by atoms with van der Waals surface area (Å²) in [6.45, 7) is 0. The third kappa shape index (κ3) is 11.9. The van der Waals surface area contributed by atoms with Gasteiger partial charge >= 0.3 is 0 Å². The highest BCUT2D eigenvalue weighted by Gasteiger charge is 1.84. The molecule has 1 rings (SSSR count). The largest absolute Gasteiger partial charge is 0.222 e. The maximum absolute atomic E-state index is 8.49. The monoisotopic (exact) mass is 194 g/mol. The third-order valence-corrected chi connectivity index (χ3v) is 0.748. The summed E-state index contributed by atoms with van der Waals surface area (Å²) >= 11 is 0. The zero-order valence-electron chi connectivity index (χ0n) is 6.21. The number of hydrogen-bond donors (Lipinski definition) is 0. The van der Waals surface area contributed by atoms with E-state index >= 15 is 0 Å². The minimum Gasteiger partial charge on any atom is -0.222 e. The Balaban J connectivity index is 0.000000217. The molecule has 12 heavy (non-hydrogen) atoms. The Morgan fingerprint density at radius 1 is 1.17 bits per heavy atom. The SMILES string of the molecule is C[n+]1ccccn1.[O-][Cl+3]([O-])([O-])[O-]. The van der Waals surface area contributed by atoms with Gasteiger partial charge in [0.25, 0.3) is 0 Å². The molecular weight excluding hydrogens is 188 g/mol. The molecule has 0 bridgehead atoms. The highest BCUT2D eigenvalue weighted by Crippen LogP contribution is 1.66. The molecule has 0 aromatic carbocycles. The van der Waals surface area contributed by atoms with Crippen LogP contribution in [0.25, 0.3) is 0 Å². The van der Waals surface area contributed by atoms with Crippen molar-refractivity contribution in [1.29, 1.82) is 0 Å². The molecule has 0 unspecified atom stereocenters. The predicted octanol–water partition coefficient (Wildman–Crippen LogP) is -4.85. The van der Waals surface area contributed by atoms with Gasteiger partial charge in [0.15, 0.2) is 13.2 Å². The summed E-state index contributed by atoms with van der Waals surface area (Å²) in [5.41, 5.74) is 0. The van der Waals surface area contributed by atoms with Crippen molar-refractivity contribution in [3.8, 4) is 0 Å². The first-order chi connectivity index (χ1) is 5.39. The van der Waals surface area contributed by atoms with Crippen LogP contribution in [0.4, 0.5) is 0 Å². The van der Waals surface area contributed by atoms with Crippen molar-refractivity contribution in [2.24, 2.45) is 7.05 Å². The molecule has 0 radical (unpaired) electrons. The number of rotatable bonds is 0. The van der Waals surface area contributed by atoms with Crippen LogP contribution in [-0.4, -0.2) is 5.10 Å². The normalized spacial score (nSPS) is 10.1. The van der Waals surface area contributed by atoms with Crippen molar-refractivity contribution in [1.82, 2.24) is 5.10 Å². The molecule has 0 fully saturated rings. The standard InChI is InChI=1S/C5H7N2.ClHO4/c1-7-5-3-2-4-6-7;2-1(3,4)5/h2-5H,1H3;(H,2,3,4,5)/q+1;/p-1. The number of aryl methyl sites for hydroxylation is 1. The Kier molecular flexibility index (Phi) is 4.64. The molecule has 0 N–H and O–H groups in total. The number of halogens is 1. The second kappa shape index (κ2) is 4.96. The predicted molar refractivity (Wildman–Crippen MR) is 25.4 cm³/mol. The fourth-order valence-electron chi connectivity index (χ4n) is 0.406. The van der Waals surface area contributed by atoms with E-state index in [9.17, 15) is 0 Å². The van der Waals surface area contributed by atoms with Crippen LogP contribution in [0.15, 0.2) is 24.5 Å². The van der Waals surface area contributed by atoms with E-state index in [4.69, 9.17) is 18.6 Å². The van der Waals surface area contributed by atoms with E-state index in [2.05, 4.69) is 5.10 Å². The van der Waals surface area contributed by atoms with Crippen LogP contribution in [0.2, 0.25) is 0 Å². The lowest BCUT2D eigenvalue weighted by atomic mass is 10.6. The molecular formula is C5H7ClN2O4. The molecule has 1 heterocycles. The topological polar surface area (TPSA) is 109 Å². The van der Waals surface area contributed by atoms with Crippen molar-refractivity contribution in [3.05, 3.63) is 24.5 Å². The molecule has 0 saturated carbocycles. The van der Waals surface area contributed by atoms with Gasteiger partial charge in [-0.15, -0.1) is 10.2 Å². The Morgan fingerprint density at radius 3 is 1.83 bits per heavy atom. The highest BCUT2D eigenvalue weighted by molar-refractivity contribution is 4.76. The van der Waals surface area contributed by atoms with Crippen molar-refractivity contribution >= 4 is 0 Å². The van der Waals surface area contributed by atoms with Crippen LogP contribution in [-0.2, 0) is 7.05 Å². The molecule has 0 saturated heterocycles. The maximum atomic E-state index is 8.49. The van der Waals surface area contributed by atoms with Crippen LogP contribution >= 0.6 is 0 Å². The van der Waals surface area contributed by atoms with Crippen molar-refractivity contribution in [2.45, 2.75) is 0 Å². The minimum atomic E-state index is -4.94. The summed E-state index contributed by atoms with van der Waals surface area (Å²) in [7, 11) is -3.06. The first kappa shape index (κ1) is 11.2. The van der Waals surface area contributed by atoms with Crippen molar-refractivity contribution < 1.29 is 33.6 Å². The Labute approximate surface area is 71.1 Å². The lowest BCUT2D eigenvalue weighted by molar-refractivity contribution is -2.00. The Hall–Kier alpha value is -0.790. The lowest BCUT2D eigenvalue weighted by Gasteiger charge is -2.17. The van der Waals surface area contributed by atoms with Crippen molar-refractivity contribution in [2.75, 3.05) is 0 Å². The van der Waals surface area contributed by atoms with E-state index in [-0.39, 0.29) is 0 Å². The summed E-state index contributed by atoms with van der Waals surface area (Å²) in [4.78, 5) is 0. The van der Waals surface area contributed by atoms with E-state index in [1.54, 1.807) is 10.9 Å². The number of hydrogen-bond acceptors (Lipinski definition) is 5. The van der Waals surface area contributed by atoms with Gasteiger partial charge in [-0.25, -0.2) is 18.6 Å². The van der Waals surface area contributed by atoms with Crippen LogP contribution in [0.1, 0.15) is 0 Å². The van der Waals surface area contributed by atoms with Gasteiger partial charge < -0.3 is 0 Å². The molecule has 0 aliphatic rings. The van der Waals surface area contributed by atoms with Crippen LogP contribution in [0, 0.1) is 10.2 Å². The number of aromatic nitrogens is 2. The average molecular weight is 195 g/mol. The third-order valence-electron chi connectivity index (χ3n) is 0.748. The van der Waals surface area contributed by atoms with Crippen molar-refractivity contribution in [3.63, 3.8) is 0 Å². The van der Waals surface area contributed by atoms with Gasteiger partial charge in [0.05, 0.1) is 6.20 Å². The summed E-state index contributed by atoms with van der Waals surface area (Å²) in [6, 6.07) is 3.83. The quantitative estimate of drug-likeness (QED) is 0.385. The lowest BCUT2D eigenvalue weighted by Crippen LogP contribution is -2.68. The van der Waals surface area contributed by atoms with Gasteiger partial charge in [-0.05, 0) is 11.2 Å². The van der Waals surface area contributed by atoms with Gasteiger partial charge in [-0.3, -0.25) is 0 Å². The second-order valence-corrected chi connectivity index (χ2v) is 2.51. The highest BCUT2D eigenvalue weighted by atomic mass is 35.7. The average Bonchev–Trinajstić information content (AvgIpc) is 1.85. The van der Waals surface area contributed by atoms with E-state index < -0.39 is 10.2 Å². The van der Waals surface area contributed by atoms with Gasteiger partial charge in [0.2, 0.25) is 0 Å². The summed E-state index contributed by atoms with van der Waals surface area (Å²) < 4.78 is 35.7. The first-order valence-electron chi connectivity index (χ1n) is 2.78. The molecule has 0 aliphatic heterocycles. The Bertz CT molecular complexity index is 206. The Morgan fingerprint density at radius 2 is 1.67 bits per heavy atom. The molecule has 68 valence electrons. The summed E-state index contributed by atoms with van der Waals surface area (Å²) in [6.07, 6.45) is 3.64.